The van der Waals surface area contributed by atoms with Crippen LogP contribution in [-0.4, -0.2) is 24.6 Å². The van der Waals surface area contributed by atoms with Crippen LogP contribution in [0.1, 0.15) is 71.6 Å². The Morgan fingerprint density at radius 3 is 2.75 bits per heavy atom. The summed E-state index contributed by atoms with van der Waals surface area (Å²) in [6, 6.07) is 0. The third-order valence-corrected chi connectivity index (χ3v) is 4.92. The lowest BCUT2D eigenvalue weighted by Gasteiger charge is -2.17. The Morgan fingerprint density at radius 2 is 2.08 bits per heavy atom. The zero-order valence-corrected chi connectivity index (χ0v) is 15.4. The molecule has 0 aliphatic heterocycles. The Labute approximate surface area is 146 Å². The maximum absolute atomic E-state index is 12.1. The van der Waals surface area contributed by atoms with Crippen LogP contribution in [0, 0.1) is 17.8 Å². The molecule has 0 aromatic carbocycles. The van der Waals surface area contributed by atoms with Gasteiger partial charge in [0, 0.05) is 25.2 Å². The van der Waals surface area contributed by atoms with E-state index in [9.17, 15) is 14.4 Å². The van der Waals surface area contributed by atoms with Crippen molar-refractivity contribution in [2.45, 2.75) is 71.6 Å². The molecule has 0 saturated heterocycles. The number of Topliss-reactive ketones (excluding diaryl/α,β-unsaturated/α-hetero) is 1. The van der Waals surface area contributed by atoms with Crippen LogP contribution in [0.5, 0.6) is 0 Å². The van der Waals surface area contributed by atoms with Crippen LogP contribution < -0.4 is 0 Å². The van der Waals surface area contributed by atoms with E-state index in [-0.39, 0.29) is 29.5 Å². The van der Waals surface area contributed by atoms with E-state index in [0.717, 1.165) is 38.5 Å². The summed E-state index contributed by atoms with van der Waals surface area (Å²) in [5, 5.41) is 0. The van der Waals surface area contributed by atoms with Gasteiger partial charge in [-0.3, -0.25) is 14.4 Å². The minimum atomic E-state index is -0.200. The topological polar surface area (TPSA) is 60.4 Å². The molecule has 4 heteroatoms. The number of allylic oxidation sites excluding steroid dienone is 2. The van der Waals surface area contributed by atoms with Crippen LogP contribution in [0.25, 0.3) is 0 Å². The van der Waals surface area contributed by atoms with Gasteiger partial charge in [-0.2, -0.15) is 0 Å². The first-order valence-electron chi connectivity index (χ1n) is 9.28. The van der Waals surface area contributed by atoms with Gasteiger partial charge < -0.3 is 4.74 Å². The second-order valence-electron chi connectivity index (χ2n) is 7.02. The molecule has 0 radical (unpaired) electrons. The molecule has 1 saturated carbocycles. The van der Waals surface area contributed by atoms with Crippen LogP contribution in [0.15, 0.2) is 12.2 Å². The molecule has 0 aromatic rings. The van der Waals surface area contributed by atoms with Crippen LogP contribution in [-0.2, 0) is 19.1 Å². The number of unbranched alkanes of at least 4 members (excludes halogenated alkanes) is 2. The first-order chi connectivity index (χ1) is 11.5. The van der Waals surface area contributed by atoms with Crippen LogP contribution in [0.2, 0.25) is 0 Å². The highest BCUT2D eigenvalue weighted by atomic mass is 16.5. The Hall–Kier alpha value is -1.45. The van der Waals surface area contributed by atoms with E-state index >= 15 is 0 Å². The van der Waals surface area contributed by atoms with Gasteiger partial charge in [0.15, 0.2) is 5.78 Å². The number of carbonyl (C=O) groups excluding carboxylic acids is 3. The van der Waals surface area contributed by atoms with Gasteiger partial charge in [-0.15, -0.1) is 0 Å². The predicted molar refractivity (Wildman–Crippen MR) is 94.5 cm³/mol. The van der Waals surface area contributed by atoms with Crippen molar-refractivity contribution in [3.8, 4) is 0 Å². The summed E-state index contributed by atoms with van der Waals surface area (Å²) in [7, 11) is 1.40. The highest BCUT2D eigenvalue weighted by Gasteiger charge is 2.32. The molecule has 0 spiro atoms. The maximum atomic E-state index is 12.1. The van der Waals surface area contributed by atoms with E-state index in [1.54, 1.807) is 6.08 Å². The molecule has 1 aliphatic rings. The van der Waals surface area contributed by atoms with Crippen molar-refractivity contribution in [3.05, 3.63) is 12.2 Å². The maximum Gasteiger partial charge on any atom is 0.305 e. The molecule has 1 unspecified atom stereocenters. The predicted octanol–water partition coefficient (Wildman–Crippen LogP) is 4.27. The average Bonchev–Trinajstić information content (AvgIpc) is 2.91. The zero-order chi connectivity index (χ0) is 17.9. The molecule has 0 heterocycles. The summed E-state index contributed by atoms with van der Waals surface area (Å²) in [6.07, 6.45) is 10.8. The Morgan fingerprint density at radius 1 is 1.33 bits per heavy atom. The lowest BCUT2D eigenvalue weighted by atomic mass is 9.87. The molecule has 0 N–H and O–H groups in total. The SMILES string of the molecule is CCCCCC(=O)/C=C/[C@H]1CCC(=O)[C@H]1CCC(C)CC(=O)OC. The van der Waals surface area contributed by atoms with Crippen molar-refractivity contribution in [2.75, 3.05) is 7.11 Å². The second-order valence-corrected chi connectivity index (χ2v) is 7.02. The van der Waals surface area contributed by atoms with Gasteiger partial charge in [0.25, 0.3) is 0 Å². The van der Waals surface area contributed by atoms with E-state index < -0.39 is 0 Å². The standard InChI is InChI=1S/C20H32O4/c1-4-5-6-7-17(21)11-9-16-10-13-19(22)18(16)12-8-15(2)14-20(23)24-3/h9,11,15-16,18H,4-8,10,12-14H2,1-3H3/b11-9+/t15?,16-,18-/m0/s1. The van der Waals surface area contributed by atoms with Crippen molar-refractivity contribution in [3.63, 3.8) is 0 Å². The van der Waals surface area contributed by atoms with E-state index in [4.69, 9.17) is 0 Å². The summed E-state index contributed by atoms with van der Waals surface area (Å²) >= 11 is 0. The highest BCUT2D eigenvalue weighted by Crippen LogP contribution is 2.34. The molecule has 0 amide bonds. The minimum absolute atomic E-state index is 0.00443. The molecule has 0 bridgehead atoms. The first kappa shape index (κ1) is 20.6. The second kappa shape index (κ2) is 11.2. The largest absolute Gasteiger partial charge is 0.469 e. The number of ketones is 2. The normalized spacial score (nSPS) is 22.0. The smallest absolute Gasteiger partial charge is 0.305 e. The fraction of sp³-hybridized carbons (Fsp3) is 0.750. The number of carbonyl (C=O) groups is 3. The lowest BCUT2D eigenvalue weighted by molar-refractivity contribution is -0.141. The third kappa shape index (κ3) is 7.41. The monoisotopic (exact) mass is 336 g/mol. The number of hydrogen-bond donors (Lipinski definition) is 0. The van der Waals surface area contributed by atoms with Crippen molar-refractivity contribution in [1.82, 2.24) is 0 Å². The molecule has 136 valence electrons. The first-order valence-corrected chi connectivity index (χ1v) is 9.28. The van der Waals surface area contributed by atoms with Crippen molar-refractivity contribution in [1.29, 1.82) is 0 Å². The number of esters is 1. The number of hydrogen-bond acceptors (Lipinski definition) is 4. The van der Waals surface area contributed by atoms with E-state index in [2.05, 4.69) is 11.7 Å². The minimum Gasteiger partial charge on any atom is -0.469 e. The highest BCUT2D eigenvalue weighted by molar-refractivity contribution is 5.90. The lowest BCUT2D eigenvalue weighted by Crippen LogP contribution is -2.16. The van der Waals surface area contributed by atoms with Gasteiger partial charge in [-0.05, 0) is 43.6 Å². The third-order valence-electron chi connectivity index (χ3n) is 4.92. The van der Waals surface area contributed by atoms with Gasteiger partial charge in [0.05, 0.1) is 7.11 Å². The van der Waals surface area contributed by atoms with Crippen LogP contribution in [0.4, 0.5) is 0 Å². The molecule has 3 atom stereocenters. The fourth-order valence-electron chi connectivity index (χ4n) is 3.34. The van der Waals surface area contributed by atoms with Gasteiger partial charge in [0.2, 0.25) is 0 Å². The molecule has 1 fully saturated rings. The van der Waals surface area contributed by atoms with Gasteiger partial charge >= 0.3 is 5.97 Å². The van der Waals surface area contributed by atoms with E-state index in [1.807, 2.05) is 13.0 Å². The van der Waals surface area contributed by atoms with E-state index in [1.165, 1.54) is 7.11 Å². The van der Waals surface area contributed by atoms with Gasteiger partial charge in [-0.25, -0.2) is 0 Å². The fourth-order valence-corrected chi connectivity index (χ4v) is 3.34. The zero-order valence-electron chi connectivity index (χ0n) is 15.4. The van der Waals surface area contributed by atoms with Crippen molar-refractivity contribution < 1.29 is 19.1 Å². The summed E-state index contributed by atoms with van der Waals surface area (Å²) in [4.78, 5) is 35.3. The molecular formula is C20H32O4. The Bertz CT molecular complexity index is 453. The molecule has 24 heavy (non-hydrogen) atoms. The van der Waals surface area contributed by atoms with E-state index in [0.29, 0.717) is 25.0 Å². The number of rotatable bonds is 11. The van der Waals surface area contributed by atoms with Gasteiger partial charge in [0.1, 0.15) is 5.78 Å². The summed E-state index contributed by atoms with van der Waals surface area (Å²) in [5.74, 6) is 0.664. The molecule has 4 nitrogen and oxygen atoms in total. The summed E-state index contributed by atoms with van der Waals surface area (Å²) < 4.78 is 4.69. The van der Waals surface area contributed by atoms with Crippen LogP contribution in [0.3, 0.4) is 0 Å². The molecule has 1 rings (SSSR count). The molecule has 0 aromatic heterocycles. The Balaban J connectivity index is 2.45. The number of ether oxygens (including phenoxy) is 1. The quantitative estimate of drug-likeness (QED) is 0.321. The molecular weight excluding hydrogens is 304 g/mol. The van der Waals surface area contributed by atoms with Crippen molar-refractivity contribution >= 4 is 17.5 Å². The Kier molecular flexibility index (Phi) is 9.58. The number of methoxy groups -OCH3 is 1. The van der Waals surface area contributed by atoms with Crippen LogP contribution >= 0.6 is 0 Å². The van der Waals surface area contributed by atoms with Crippen molar-refractivity contribution in [2.24, 2.45) is 17.8 Å². The summed E-state index contributed by atoms with van der Waals surface area (Å²) in [6.45, 7) is 4.13. The van der Waals surface area contributed by atoms with Gasteiger partial charge in [-0.1, -0.05) is 32.8 Å². The average molecular weight is 336 g/mol. The molecule has 1 aliphatic carbocycles. The summed E-state index contributed by atoms with van der Waals surface area (Å²) in [5.41, 5.74) is 0.